The van der Waals surface area contributed by atoms with E-state index >= 15 is 0 Å². The van der Waals surface area contributed by atoms with Gasteiger partial charge in [0.05, 0.1) is 11.4 Å². The molecule has 0 bridgehead atoms. The smallest absolute Gasteiger partial charge is 0.254 e. The maximum atomic E-state index is 13.7. The summed E-state index contributed by atoms with van der Waals surface area (Å²) in [5.41, 5.74) is 3.72. The fraction of sp³-hybridized carbons (Fsp3) is 0.333. The molecule has 1 aliphatic heterocycles. The second kappa shape index (κ2) is 11.8. The number of fused-ring (bicyclic) bond motifs is 1. The average Bonchev–Trinajstić information content (AvgIpc) is 2.95. The lowest BCUT2D eigenvalue weighted by Crippen LogP contribution is -2.47. The van der Waals surface area contributed by atoms with Crippen molar-refractivity contribution in [3.05, 3.63) is 89.2 Å². The lowest BCUT2D eigenvalue weighted by molar-refractivity contribution is -0.137. The summed E-state index contributed by atoms with van der Waals surface area (Å²) in [6.07, 6.45) is 4.22. The molecule has 38 heavy (non-hydrogen) atoms. The lowest BCUT2D eigenvalue weighted by Gasteiger charge is -2.27. The van der Waals surface area contributed by atoms with Crippen LogP contribution in [-0.2, 0) is 22.6 Å². The standard InChI is InChI=1S/C30H34N4O3.ClH/c1-6-34-25-14-13-23(18-26(25)32(5)28(36)30(3,4)29(34)37)20-33(17-15-22-11-9-16-31-19-22)27(35)24-12-8-7-10-21(24)2;/h7-14,16,18-19H,6,15,17,20H2,1-5H3;1H. The zero-order chi connectivity index (χ0) is 26.7. The van der Waals surface area contributed by atoms with Crippen molar-refractivity contribution in [2.45, 2.75) is 40.7 Å². The van der Waals surface area contributed by atoms with E-state index in [2.05, 4.69) is 4.98 Å². The second-order valence-corrected chi connectivity index (χ2v) is 10.0. The summed E-state index contributed by atoms with van der Waals surface area (Å²) in [7, 11) is 1.71. The number of hydrogen-bond acceptors (Lipinski definition) is 4. The average molecular weight is 535 g/mol. The molecule has 0 N–H and O–H groups in total. The van der Waals surface area contributed by atoms with Crippen LogP contribution in [0.5, 0.6) is 0 Å². The summed E-state index contributed by atoms with van der Waals surface area (Å²) in [6, 6.07) is 17.2. The number of halogens is 1. The third-order valence-corrected chi connectivity index (χ3v) is 7.06. The number of anilines is 2. The van der Waals surface area contributed by atoms with Crippen molar-refractivity contribution in [2.75, 3.05) is 29.9 Å². The Morgan fingerprint density at radius 2 is 1.71 bits per heavy atom. The number of aryl methyl sites for hydroxylation is 1. The Kier molecular flexibility index (Phi) is 8.94. The molecule has 3 amide bonds. The van der Waals surface area contributed by atoms with Crippen molar-refractivity contribution in [3.63, 3.8) is 0 Å². The minimum absolute atomic E-state index is 0. The van der Waals surface area contributed by atoms with Gasteiger partial charge >= 0.3 is 0 Å². The van der Waals surface area contributed by atoms with Gasteiger partial charge in [0, 0.05) is 44.6 Å². The van der Waals surface area contributed by atoms with Crippen molar-refractivity contribution < 1.29 is 14.4 Å². The number of nitrogens with zero attached hydrogens (tertiary/aromatic N) is 4. The van der Waals surface area contributed by atoms with Crippen LogP contribution < -0.4 is 9.80 Å². The summed E-state index contributed by atoms with van der Waals surface area (Å²) in [6.45, 7) is 8.52. The van der Waals surface area contributed by atoms with Crippen molar-refractivity contribution in [1.82, 2.24) is 9.88 Å². The first kappa shape index (κ1) is 28.9. The van der Waals surface area contributed by atoms with Gasteiger partial charge in [-0.05, 0) is 75.1 Å². The van der Waals surface area contributed by atoms with Gasteiger partial charge in [-0.15, -0.1) is 12.4 Å². The Hall–Kier alpha value is -3.71. The van der Waals surface area contributed by atoms with E-state index in [0.717, 1.165) is 16.7 Å². The molecule has 2 aromatic carbocycles. The van der Waals surface area contributed by atoms with Gasteiger partial charge in [0.1, 0.15) is 5.41 Å². The molecule has 0 saturated heterocycles. The van der Waals surface area contributed by atoms with Crippen LogP contribution >= 0.6 is 12.4 Å². The van der Waals surface area contributed by atoms with Crippen LogP contribution in [0.25, 0.3) is 0 Å². The number of pyridine rings is 1. The Bertz CT molecular complexity index is 1330. The summed E-state index contributed by atoms with van der Waals surface area (Å²) >= 11 is 0. The van der Waals surface area contributed by atoms with E-state index in [-0.39, 0.29) is 30.1 Å². The molecule has 1 aromatic heterocycles. The molecule has 8 heteroatoms. The summed E-state index contributed by atoms with van der Waals surface area (Å²) in [4.78, 5) is 49.4. The van der Waals surface area contributed by atoms with Gasteiger partial charge in [-0.25, -0.2) is 0 Å². The lowest BCUT2D eigenvalue weighted by atomic mass is 9.90. The van der Waals surface area contributed by atoms with Crippen molar-refractivity contribution in [3.8, 4) is 0 Å². The summed E-state index contributed by atoms with van der Waals surface area (Å²) in [5, 5.41) is 0. The van der Waals surface area contributed by atoms with E-state index in [9.17, 15) is 14.4 Å². The molecule has 3 aromatic rings. The molecule has 0 atom stereocenters. The van der Waals surface area contributed by atoms with Crippen molar-refractivity contribution >= 4 is 41.5 Å². The van der Waals surface area contributed by atoms with Crippen molar-refractivity contribution in [2.24, 2.45) is 5.41 Å². The SMILES string of the molecule is CCN1C(=O)C(C)(C)C(=O)N(C)c2cc(CN(CCc3cccnc3)C(=O)c3ccccc3C)ccc21.Cl. The highest BCUT2D eigenvalue weighted by Crippen LogP contribution is 2.39. The summed E-state index contributed by atoms with van der Waals surface area (Å²) in [5.74, 6) is -0.518. The van der Waals surface area contributed by atoms with E-state index in [4.69, 9.17) is 0 Å². The largest absolute Gasteiger partial charge is 0.334 e. The van der Waals surface area contributed by atoms with Gasteiger partial charge in [0.15, 0.2) is 0 Å². The number of benzene rings is 2. The Morgan fingerprint density at radius 3 is 2.37 bits per heavy atom. The van der Waals surface area contributed by atoms with E-state index in [1.54, 1.807) is 36.9 Å². The first-order valence-corrected chi connectivity index (χ1v) is 12.6. The molecule has 0 aliphatic carbocycles. The highest BCUT2D eigenvalue weighted by molar-refractivity contribution is 6.19. The highest BCUT2D eigenvalue weighted by Gasteiger charge is 2.45. The molecular formula is C30H35ClN4O3. The van der Waals surface area contributed by atoms with Crippen LogP contribution in [0.3, 0.4) is 0 Å². The number of hydrogen-bond donors (Lipinski definition) is 0. The molecule has 1 aliphatic rings. The third-order valence-electron chi connectivity index (χ3n) is 7.06. The zero-order valence-electron chi connectivity index (χ0n) is 22.6. The zero-order valence-corrected chi connectivity index (χ0v) is 23.4. The second-order valence-electron chi connectivity index (χ2n) is 10.0. The van der Waals surface area contributed by atoms with Crippen LogP contribution in [0.1, 0.15) is 47.8 Å². The molecule has 200 valence electrons. The van der Waals surface area contributed by atoms with Crippen LogP contribution in [0.2, 0.25) is 0 Å². The van der Waals surface area contributed by atoms with Crippen LogP contribution in [0.15, 0.2) is 67.0 Å². The highest BCUT2D eigenvalue weighted by atomic mass is 35.5. The van der Waals surface area contributed by atoms with Gasteiger partial charge in [-0.1, -0.05) is 30.3 Å². The molecule has 0 fully saturated rings. The minimum Gasteiger partial charge on any atom is -0.334 e. The number of aromatic nitrogens is 1. The number of amides is 3. The predicted octanol–water partition coefficient (Wildman–Crippen LogP) is 5.05. The van der Waals surface area contributed by atoms with Crippen LogP contribution in [0.4, 0.5) is 11.4 Å². The first-order chi connectivity index (χ1) is 17.6. The third kappa shape index (κ3) is 5.58. The number of rotatable bonds is 7. The predicted molar refractivity (Wildman–Crippen MR) is 153 cm³/mol. The van der Waals surface area contributed by atoms with Gasteiger partial charge in [-0.2, -0.15) is 0 Å². The number of carbonyl (C=O) groups excluding carboxylic acids is 3. The van der Waals surface area contributed by atoms with E-state index in [1.807, 2.05) is 79.5 Å². The quantitative estimate of drug-likeness (QED) is 0.397. The maximum absolute atomic E-state index is 13.7. The van der Waals surface area contributed by atoms with Crippen LogP contribution in [0, 0.1) is 12.3 Å². The van der Waals surface area contributed by atoms with Gasteiger partial charge in [0.2, 0.25) is 11.8 Å². The minimum atomic E-state index is -1.17. The molecule has 0 radical (unpaired) electrons. The first-order valence-electron chi connectivity index (χ1n) is 12.6. The van der Waals surface area contributed by atoms with E-state index < -0.39 is 5.41 Å². The molecule has 0 unspecified atom stereocenters. The Morgan fingerprint density at radius 1 is 0.974 bits per heavy atom. The molecule has 0 saturated carbocycles. The fourth-order valence-corrected chi connectivity index (χ4v) is 4.81. The Balaban J connectivity index is 0.00000400. The normalized spacial score (nSPS) is 14.4. The molecule has 4 rings (SSSR count). The maximum Gasteiger partial charge on any atom is 0.254 e. The van der Waals surface area contributed by atoms with Gasteiger partial charge in [-0.3, -0.25) is 19.4 Å². The van der Waals surface area contributed by atoms with Gasteiger partial charge in [0.25, 0.3) is 5.91 Å². The number of carbonyl (C=O) groups is 3. The molecule has 2 heterocycles. The summed E-state index contributed by atoms with van der Waals surface area (Å²) < 4.78 is 0. The van der Waals surface area contributed by atoms with Crippen molar-refractivity contribution in [1.29, 1.82) is 0 Å². The van der Waals surface area contributed by atoms with E-state index in [1.165, 1.54) is 0 Å². The fourth-order valence-electron chi connectivity index (χ4n) is 4.81. The Labute approximate surface area is 230 Å². The van der Waals surface area contributed by atoms with Crippen LogP contribution in [-0.4, -0.2) is 47.7 Å². The van der Waals surface area contributed by atoms with E-state index in [0.29, 0.717) is 43.0 Å². The monoisotopic (exact) mass is 534 g/mol. The molecule has 7 nitrogen and oxygen atoms in total. The molecular weight excluding hydrogens is 500 g/mol. The van der Waals surface area contributed by atoms with Gasteiger partial charge < -0.3 is 14.7 Å². The molecule has 0 spiro atoms. The topological polar surface area (TPSA) is 73.8 Å².